The van der Waals surface area contributed by atoms with Gasteiger partial charge in [0.1, 0.15) is 11.5 Å². The van der Waals surface area contributed by atoms with Crippen LogP contribution in [0.4, 0.5) is 0 Å². The van der Waals surface area contributed by atoms with Crippen LogP contribution in [0.25, 0.3) is 0 Å². The van der Waals surface area contributed by atoms with Gasteiger partial charge in [0.15, 0.2) is 0 Å². The Hall–Kier alpha value is -1.03. The number of rotatable bonds is 3. The second-order valence-electron chi connectivity index (χ2n) is 3.45. The van der Waals surface area contributed by atoms with Gasteiger partial charge in [0, 0.05) is 17.1 Å². The van der Waals surface area contributed by atoms with Gasteiger partial charge in [0.2, 0.25) is 0 Å². The molecule has 0 saturated carbocycles. The lowest BCUT2D eigenvalue weighted by Crippen LogP contribution is -2.00. The summed E-state index contributed by atoms with van der Waals surface area (Å²) in [5.74, 6) is 1.43. The van der Waals surface area contributed by atoms with Crippen molar-refractivity contribution in [1.29, 1.82) is 0 Å². The van der Waals surface area contributed by atoms with Gasteiger partial charge in [-0.3, -0.25) is 0 Å². The Kier molecular flexibility index (Phi) is 4.05. The molecule has 0 fully saturated rings. The highest BCUT2D eigenvalue weighted by Gasteiger charge is 2.08. The van der Waals surface area contributed by atoms with Crippen LogP contribution in [0.15, 0.2) is 46.9 Å². The Bertz CT molecular complexity index is 531. The van der Waals surface area contributed by atoms with Crippen molar-refractivity contribution in [3.63, 3.8) is 0 Å². The van der Waals surface area contributed by atoms with E-state index in [4.69, 9.17) is 22.1 Å². The summed E-state index contributed by atoms with van der Waals surface area (Å²) in [6.45, 7) is 0.347. The molecule has 2 aromatic carbocycles. The summed E-state index contributed by atoms with van der Waals surface area (Å²) in [5.41, 5.74) is 6.48. The van der Waals surface area contributed by atoms with E-state index in [0.717, 1.165) is 15.8 Å². The van der Waals surface area contributed by atoms with Crippen LogP contribution in [0.3, 0.4) is 0 Å². The maximum absolute atomic E-state index is 6.06. The minimum Gasteiger partial charge on any atom is -0.456 e. The summed E-state index contributed by atoms with van der Waals surface area (Å²) in [6.07, 6.45) is 0. The van der Waals surface area contributed by atoms with Gasteiger partial charge in [-0.2, -0.15) is 0 Å². The Morgan fingerprint density at radius 2 is 1.76 bits per heavy atom. The summed E-state index contributed by atoms with van der Waals surface area (Å²) in [5, 5.41) is 0.622. The average Bonchev–Trinajstić information content (AvgIpc) is 2.32. The lowest BCUT2D eigenvalue weighted by atomic mass is 10.2. The maximum Gasteiger partial charge on any atom is 0.141 e. The Labute approximate surface area is 113 Å². The monoisotopic (exact) mass is 311 g/mol. The zero-order valence-corrected chi connectivity index (χ0v) is 11.3. The standard InChI is InChI=1S/C13H11BrClNO/c14-10-4-1-2-6-13(10)17-12-7-3-5-11(15)9(12)8-16/h1-7H,8,16H2. The van der Waals surface area contributed by atoms with Crippen LogP contribution in [0.5, 0.6) is 11.5 Å². The van der Waals surface area contributed by atoms with E-state index >= 15 is 0 Å². The molecule has 0 radical (unpaired) electrons. The van der Waals surface area contributed by atoms with E-state index in [1.54, 1.807) is 6.07 Å². The van der Waals surface area contributed by atoms with Crippen LogP contribution in [0, 0.1) is 0 Å². The third kappa shape index (κ3) is 2.80. The van der Waals surface area contributed by atoms with Crippen LogP contribution >= 0.6 is 27.5 Å². The molecule has 0 aliphatic heterocycles. The zero-order chi connectivity index (χ0) is 12.3. The van der Waals surface area contributed by atoms with Gasteiger partial charge in [0.05, 0.1) is 4.47 Å². The van der Waals surface area contributed by atoms with Gasteiger partial charge in [0.25, 0.3) is 0 Å². The quantitative estimate of drug-likeness (QED) is 0.914. The van der Waals surface area contributed by atoms with Crippen LogP contribution in [0.1, 0.15) is 5.56 Å². The fourth-order valence-electron chi connectivity index (χ4n) is 1.48. The molecule has 2 rings (SSSR count). The first-order chi connectivity index (χ1) is 8.22. The number of para-hydroxylation sites is 1. The first-order valence-electron chi connectivity index (χ1n) is 5.12. The van der Waals surface area contributed by atoms with Crippen LogP contribution in [-0.4, -0.2) is 0 Å². The van der Waals surface area contributed by atoms with E-state index in [1.165, 1.54) is 0 Å². The average molecular weight is 313 g/mol. The number of halogens is 2. The lowest BCUT2D eigenvalue weighted by Gasteiger charge is -2.12. The van der Waals surface area contributed by atoms with Crippen molar-refractivity contribution in [3.8, 4) is 11.5 Å². The lowest BCUT2D eigenvalue weighted by molar-refractivity contribution is 0.473. The number of ether oxygens (including phenoxy) is 1. The number of nitrogens with two attached hydrogens (primary N) is 1. The van der Waals surface area contributed by atoms with Gasteiger partial charge in [-0.15, -0.1) is 0 Å². The van der Waals surface area contributed by atoms with Crippen LogP contribution in [-0.2, 0) is 6.54 Å². The van der Waals surface area contributed by atoms with Crippen LogP contribution < -0.4 is 10.5 Å². The first kappa shape index (κ1) is 12.4. The predicted molar refractivity (Wildman–Crippen MR) is 73.6 cm³/mol. The zero-order valence-electron chi connectivity index (χ0n) is 8.99. The molecule has 0 atom stereocenters. The summed E-state index contributed by atoms with van der Waals surface area (Å²) >= 11 is 9.49. The summed E-state index contributed by atoms with van der Waals surface area (Å²) in [7, 11) is 0. The largest absolute Gasteiger partial charge is 0.456 e. The molecule has 0 unspecified atom stereocenters. The number of hydrogen-bond acceptors (Lipinski definition) is 2. The molecule has 0 amide bonds. The van der Waals surface area contributed by atoms with E-state index in [-0.39, 0.29) is 0 Å². The number of benzene rings is 2. The third-order valence-corrected chi connectivity index (χ3v) is 3.35. The highest BCUT2D eigenvalue weighted by molar-refractivity contribution is 9.10. The van der Waals surface area contributed by atoms with Crippen molar-refractivity contribution in [2.24, 2.45) is 5.73 Å². The molecule has 0 aromatic heterocycles. The maximum atomic E-state index is 6.06. The van der Waals surface area contributed by atoms with Gasteiger partial charge in [-0.25, -0.2) is 0 Å². The Morgan fingerprint density at radius 3 is 2.47 bits per heavy atom. The summed E-state index contributed by atoms with van der Waals surface area (Å²) in [4.78, 5) is 0. The van der Waals surface area contributed by atoms with Gasteiger partial charge in [-0.05, 0) is 40.2 Å². The number of hydrogen-bond donors (Lipinski definition) is 1. The highest BCUT2D eigenvalue weighted by atomic mass is 79.9. The molecule has 17 heavy (non-hydrogen) atoms. The highest BCUT2D eigenvalue weighted by Crippen LogP contribution is 2.33. The van der Waals surface area contributed by atoms with Crippen molar-refractivity contribution >= 4 is 27.5 Å². The normalized spacial score (nSPS) is 10.3. The van der Waals surface area contributed by atoms with Crippen molar-refractivity contribution in [2.45, 2.75) is 6.54 Å². The molecule has 0 saturated heterocycles. The molecule has 4 heteroatoms. The van der Waals surface area contributed by atoms with Gasteiger partial charge < -0.3 is 10.5 Å². The van der Waals surface area contributed by atoms with Crippen molar-refractivity contribution < 1.29 is 4.74 Å². The molecule has 0 heterocycles. The smallest absolute Gasteiger partial charge is 0.141 e. The fourth-order valence-corrected chi connectivity index (χ4v) is 2.09. The molecule has 0 bridgehead atoms. The molecule has 2 aromatic rings. The molecule has 2 N–H and O–H groups in total. The molecule has 0 spiro atoms. The van der Waals surface area contributed by atoms with E-state index in [1.807, 2.05) is 36.4 Å². The van der Waals surface area contributed by atoms with E-state index in [2.05, 4.69) is 15.9 Å². The van der Waals surface area contributed by atoms with Crippen molar-refractivity contribution in [2.75, 3.05) is 0 Å². The molecule has 88 valence electrons. The molecule has 0 aliphatic carbocycles. The molecular weight excluding hydrogens is 302 g/mol. The topological polar surface area (TPSA) is 35.2 Å². The summed E-state index contributed by atoms with van der Waals surface area (Å²) < 4.78 is 6.69. The van der Waals surface area contributed by atoms with E-state index in [9.17, 15) is 0 Å². The van der Waals surface area contributed by atoms with Gasteiger partial charge in [-0.1, -0.05) is 29.8 Å². The molecule has 2 nitrogen and oxygen atoms in total. The predicted octanol–water partition coefficient (Wildman–Crippen LogP) is 4.35. The molecule has 0 aliphatic rings. The van der Waals surface area contributed by atoms with Crippen LogP contribution in [0.2, 0.25) is 5.02 Å². The van der Waals surface area contributed by atoms with Crippen molar-refractivity contribution in [1.82, 2.24) is 0 Å². The fraction of sp³-hybridized carbons (Fsp3) is 0.0769. The minimum atomic E-state index is 0.347. The SMILES string of the molecule is NCc1c(Cl)cccc1Oc1ccccc1Br. The first-order valence-corrected chi connectivity index (χ1v) is 6.29. The Morgan fingerprint density at radius 1 is 1.06 bits per heavy atom. The van der Waals surface area contributed by atoms with E-state index < -0.39 is 0 Å². The summed E-state index contributed by atoms with van der Waals surface area (Å²) in [6, 6.07) is 13.1. The second-order valence-corrected chi connectivity index (χ2v) is 4.71. The molecular formula is C13H11BrClNO. The second kappa shape index (κ2) is 5.54. The Balaban J connectivity index is 2.37. The van der Waals surface area contributed by atoms with Gasteiger partial charge >= 0.3 is 0 Å². The van der Waals surface area contributed by atoms with E-state index in [0.29, 0.717) is 17.3 Å². The minimum absolute atomic E-state index is 0.347. The third-order valence-electron chi connectivity index (χ3n) is 2.34. The van der Waals surface area contributed by atoms with Crippen molar-refractivity contribution in [3.05, 3.63) is 57.5 Å².